The lowest BCUT2D eigenvalue weighted by molar-refractivity contribution is 0.902. The van der Waals surface area contributed by atoms with Crippen LogP contribution in [0.15, 0.2) is 39.4 Å². The van der Waals surface area contributed by atoms with E-state index in [0.29, 0.717) is 15.9 Å². The zero-order valence-electron chi connectivity index (χ0n) is 8.40. The minimum atomic E-state index is -0.163. The van der Waals surface area contributed by atoms with Crippen LogP contribution in [-0.4, -0.2) is 15.0 Å². The summed E-state index contributed by atoms with van der Waals surface area (Å²) in [4.78, 5) is 22.1. The fourth-order valence-corrected chi connectivity index (χ4v) is 2.01. The first-order chi connectivity index (χ1) is 7.63. The van der Waals surface area contributed by atoms with Gasteiger partial charge in [0.25, 0.3) is 5.56 Å². The second-order valence-electron chi connectivity index (χ2n) is 3.11. The van der Waals surface area contributed by atoms with Crippen LogP contribution in [0.1, 0.15) is 5.69 Å². The van der Waals surface area contributed by atoms with Crippen molar-refractivity contribution in [2.45, 2.75) is 17.1 Å². The van der Waals surface area contributed by atoms with Crippen molar-refractivity contribution in [3.63, 3.8) is 0 Å². The van der Waals surface area contributed by atoms with E-state index in [1.54, 1.807) is 25.3 Å². The molecular formula is C10H8ClN3OS. The maximum absolute atomic E-state index is 11.2. The number of nitrogens with zero attached hydrogens (tertiary/aromatic N) is 2. The van der Waals surface area contributed by atoms with Crippen molar-refractivity contribution >= 4 is 23.4 Å². The van der Waals surface area contributed by atoms with Gasteiger partial charge in [-0.1, -0.05) is 11.6 Å². The lowest BCUT2D eigenvalue weighted by Crippen LogP contribution is -2.07. The number of aryl methyl sites for hydroxylation is 1. The lowest BCUT2D eigenvalue weighted by Gasteiger charge is -2.00. The van der Waals surface area contributed by atoms with Gasteiger partial charge in [0.2, 0.25) is 0 Å². The van der Waals surface area contributed by atoms with Gasteiger partial charge in [0.1, 0.15) is 5.03 Å². The van der Waals surface area contributed by atoms with Crippen LogP contribution in [0.4, 0.5) is 0 Å². The minimum Gasteiger partial charge on any atom is -0.301 e. The Hall–Kier alpha value is -1.33. The molecule has 4 nitrogen and oxygen atoms in total. The highest BCUT2D eigenvalue weighted by Crippen LogP contribution is 2.22. The molecule has 0 radical (unpaired) electrons. The summed E-state index contributed by atoms with van der Waals surface area (Å²) in [6.07, 6.45) is 1.55. The van der Waals surface area contributed by atoms with E-state index in [4.69, 9.17) is 11.6 Å². The van der Waals surface area contributed by atoms with Gasteiger partial charge in [0.05, 0.1) is 5.02 Å². The first-order valence-electron chi connectivity index (χ1n) is 4.51. The van der Waals surface area contributed by atoms with E-state index in [0.717, 1.165) is 5.03 Å². The Morgan fingerprint density at radius 3 is 2.88 bits per heavy atom. The largest absolute Gasteiger partial charge is 0.301 e. The molecule has 6 heteroatoms. The molecule has 0 spiro atoms. The highest BCUT2D eigenvalue weighted by atomic mass is 35.5. The maximum atomic E-state index is 11.2. The van der Waals surface area contributed by atoms with Gasteiger partial charge in [0.15, 0.2) is 5.16 Å². The van der Waals surface area contributed by atoms with E-state index in [2.05, 4.69) is 15.0 Å². The molecule has 2 aromatic rings. The Labute approximate surface area is 101 Å². The SMILES string of the molecule is Cc1cc(=O)[nH]c(Sc2ccc(Cl)cn2)n1. The molecule has 2 heterocycles. The van der Waals surface area contributed by atoms with Crippen LogP contribution in [0.5, 0.6) is 0 Å². The van der Waals surface area contributed by atoms with E-state index >= 15 is 0 Å². The summed E-state index contributed by atoms with van der Waals surface area (Å²) in [7, 11) is 0. The highest BCUT2D eigenvalue weighted by molar-refractivity contribution is 7.99. The molecule has 16 heavy (non-hydrogen) atoms. The molecule has 0 atom stereocenters. The average molecular weight is 254 g/mol. The molecular weight excluding hydrogens is 246 g/mol. The quantitative estimate of drug-likeness (QED) is 0.835. The summed E-state index contributed by atoms with van der Waals surface area (Å²) in [6.45, 7) is 1.77. The lowest BCUT2D eigenvalue weighted by atomic mass is 10.5. The Bertz CT molecular complexity index is 553. The van der Waals surface area contributed by atoms with Gasteiger partial charge >= 0.3 is 0 Å². The van der Waals surface area contributed by atoms with Crippen LogP contribution in [0.2, 0.25) is 5.02 Å². The van der Waals surface area contributed by atoms with Crippen LogP contribution < -0.4 is 5.56 Å². The number of hydrogen-bond acceptors (Lipinski definition) is 4. The van der Waals surface area contributed by atoms with E-state index < -0.39 is 0 Å². The molecule has 0 unspecified atom stereocenters. The fraction of sp³-hybridized carbons (Fsp3) is 0.100. The number of hydrogen-bond donors (Lipinski definition) is 1. The Kier molecular flexibility index (Phi) is 3.26. The monoisotopic (exact) mass is 253 g/mol. The zero-order chi connectivity index (χ0) is 11.5. The Morgan fingerprint density at radius 1 is 1.44 bits per heavy atom. The molecule has 0 aliphatic rings. The van der Waals surface area contributed by atoms with Gasteiger partial charge in [-0.05, 0) is 30.8 Å². The van der Waals surface area contributed by atoms with E-state index in [-0.39, 0.29) is 5.56 Å². The van der Waals surface area contributed by atoms with Crippen molar-refractivity contribution in [3.8, 4) is 0 Å². The molecule has 0 bridgehead atoms. The Balaban J connectivity index is 2.26. The zero-order valence-corrected chi connectivity index (χ0v) is 9.97. The molecule has 0 saturated carbocycles. The molecule has 2 rings (SSSR count). The third kappa shape index (κ3) is 2.84. The molecule has 0 amide bonds. The number of nitrogens with one attached hydrogen (secondary N) is 1. The van der Waals surface area contributed by atoms with Gasteiger partial charge in [-0.25, -0.2) is 9.97 Å². The summed E-state index contributed by atoms with van der Waals surface area (Å²) in [5.41, 5.74) is 0.518. The van der Waals surface area contributed by atoms with Crippen LogP contribution in [0.25, 0.3) is 0 Å². The summed E-state index contributed by atoms with van der Waals surface area (Å²) in [5.74, 6) is 0. The average Bonchev–Trinajstić information content (AvgIpc) is 2.20. The van der Waals surface area contributed by atoms with Crippen molar-refractivity contribution in [1.82, 2.24) is 15.0 Å². The molecule has 0 aliphatic carbocycles. The van der Waals surface area contributed by atoms with Gasteiger partial charge in [0, 0.05) is 18.0 Å². The first kappa shape index (κ1) is 11.2. The number of halogens is 1. The minimum absolute atomic E-state index is 0.163. The standard InChI is InChI=1S/C10H8ClN3OS/c1-6-4-8(15)14-10(13-6)16-9-3-2-7(11)5-12-9/h2-5H,1H3,(H,13,14,15). The van der Waals surface area contributed by atoms with Crippen LogP contribution in [0.3, 0.4) is 0 Å². The second-order valence-corrected chi connectivity index (χ2v) is 4.55. The molecule has 0 fully saturated rings. The van der Waals surface area contributed by atoms with E-state index in [1.165, 1.54) is 17.8 Å². The predicted molar refractivity (Wildman–Crippen MR) is 63.0 cm³/mol. The van der Waals surface area contributed by atoms with Gasteiger partial charge in [-0.15, -0.1) is 0 Å². The van der Waals surface area contributed by atoms with Crippen molar-refractivity contribution in [2.24, 2.45) is 0 Å². The van der Waals surface area contributed by atoms with E-state index in [1.807, 2.05) is 0 Å². The first-order valence-corrected chi connectivity index (χ1v) is 5.70. The van der Waals surface area contributed by atoms with Gasteiger partial charge in [-0.2, -0.15) is 0 Å². The summed E-state index contributed by atoms with van der Waals surface area (Å²) >= 11 is 7.01. The molecule has 0 aliphatic heterocycles. The van der Waals surface area contributed by atoms with Crippen molar-refractivity contribution in [3.05, 3.63) is 45.5 Å². The summed E-state index contributed by atoms with van der Waals surface area (Å²) in [6, 6.07) is 4.96. The third-order valence-electron chi connectivity index (χ3n) is 1.75. The number of H-pyrrole nitrogens is 1. The van der Waals surface area contributed by atoms with Crippen molar-refractivity contribution in [1.29, 1.82) is 0 Å². The number of aromatic nitrogens is 3. The van der Waals surface area contributed by atoms with Crippen molar-refractivity contribution < 1.29 is 0 Å². The van der Waals surface area contributed by atoms with Crippen LogP contribution in [0, 0.1) is 6.92 Å². The van der Waals surface area contributed by atoms with Gasteiger partial charge < -0.3 is 4.98 Å². The topological polar surface area (TPSA) is 58.6 Å². The highest BCUT2D eigenvalue weighted by Gasteiger charge is 2.02. The van der Waals surface area contributed by atoms with Crippen LogP contribution >= 0.6 is 23.4 Å². The summed E-state index contributed by atoms with van der Waals surface area (Å²) in [5, 5.41) is 1.84. The van der Waals surface area contributed by atoms with Crippen molar-refractivity contribution in [2.75, 3.05) is 0 Å². The smallest absolute Gasteiger partial charge is 0.251 e. The number of aromatic amines is 1. The third-order valence-corrected chi connectivity index (χ3v) is 2.81. The summed E-state index contributed by atoms with van der Waals surface area (Å²) < 4.78 is 0. The number of pyridine rings is 1. The molecule has 2 aromatic heterocycles. The Morgan fingerprint density at radius 2 is 2.25 bits per heavy atom. The maximum Gasteiger partial charge on any atom is 0.251 e. The predicted octanol–water partition coefficient (Wildman–Crippen LogP) is 2.28. The normalized spacial score (nSPS) is 10.4. The van der Waals surface area contributed by atoms with Gasteiger partial charge in [-0.3, -0.25) is 4.79 Å². The number of rotatable bonds is 2. The second kappa shape index (κ2) is 4.67. The van der Waals surface area contributed by atoms with E-state index in [9.17, 15) is 4.79 Å². The molecule has 0 aromatic carbocycles. The molecule has 0 saturated heterocycles. The molecule has 82 valence electrons. The molecule has 1 N–H and O–H groups in total. The fourth-order valence-electron chi connectivity index (χ4n) is 1.12. The van der Waals surface area contributed by atoms with Crippen LogP contribution in [-0.2, 0) is 0 Å².